The molecule has 0 spiro atoms. The lowest BCUT2D eigenvalue weighted by molar-refractivity contribution is 0.0295. The summed E-state index contributed by atoms with van der Waals surface area (Å²) in [5, 5.41) is 3.83. The van der Waals surface area contributed by atoms with E-state index in [0.717, 1.165) is 11.4 Å². The van der Waals surface area contributed by atoms with E-state index in [4.69, 9.17) is 32.9 Å². The van der Waals surface area contributed by atoms with Crippen LogP contribution in [0.15, 0.2) is 35.6 Å². The molecule has 33 heavy (non-hydrogen) atoms. The second-order valence-corrected chi connectivity index (χ2v) is 10.6. The maximum atomic E-state index is 14.5. The van der Waals surface area contributed by atoms with Gasteiger partial charge in [0.15, 0.2) is 11.6 Å². The van der Waals surface area contributed by atoms with E-state index in [9.17, 15) is 9.18 Å². The molecule has 0 radical (unpaired) electrons. The second-order valence-electron chi connectivity index (χ2n) is 8.54. The molecule has 1 atom stereocenters. The van der Waals surface area contributed by atoms with Crippen LogP contribution in [0.5, 0.6) is 0 Å². The van der Waals surface area contributed by atoms with Crippen molar-refractivity contribution in [3.63, 3.8) is 0 Å². The molecule has 1 fully saturated rings. The zero-order valence-corrected chi connectivity index (χ0v) is 20.6. The van der Waals surface area contributed by atoms with Crippen molar-refractivity contribution in [2.75, 3.05) is 18.4 Å². The number of likely N-dealkylation sites (tertiary alicyclic amines) is 1. The van der Waals surface area contributed by atoms with Gasteiger partial charge in [-0.3, -0.25) is 0 Å². The largest absolute Gasteiger partial charge is 0.444 e. The molecule has 11 heteroatoms. The van der Waals surface area contributed by atoms with Crippen molar-refractivity contribution in [3.8, 4) is 0 Å². The maximum Gasteiger partial charge on any atom is 0.410 e. The lowest BCUT2D eigenvalue weighted by atomic mass is 10.2. The molecule has 1 amide bonds. The van der Waals surface area contributed by atoms with E-state index in [1.165, 1.54) is 18.5 Å². The minimum atomic E-state index is -0.672. The van der Waals surface area contributed by atoms with Crippen LogP contribution in [0.3, 0.4) is 0 Å². The average molecular weight is 510 g/mol. The number of carbonyl (C=O) groups is 1. The number of fused-ring (bicyclic) bond motifs is 1. The SMILES string of the molecule is CC(C)(C)OC(=O)N1CC[C@H](Sc2ccc3ncnc(Nc4ccc(Cl)c(Cl)c4F)c3n2)C1. The molecule has 0 bridgehead atoms. The Labute approximate surface area is 205 Å². The van der Waals surface area contributed by atoms with Crippen molar-refractivity contribution in [1.82, 2.24) is 19.9 Å². The van der Waals surface area contributed by atoms with Gasteiger partial charge < -0.3 is 15.0 Å². The Hall–Kier alpha value is -2.36. The highest BCUT2D eigenvalue weighted by Gasteiger charge is 2.30. The minimum absolute atomic E-state index is 0.126. The molecule has 0 unspecified atom stereocenters. The average Bonchev–Trinajstić information content (AvgIpc) is 3.22. The Morgan fingerprint density at radius 1 is 1.24 bits per heavy atom. The summed E-state index contributed by atoms with van der Waals surface area (Å²) >= 11 is 13.4. The number of amides is 1. The highest BCUT2D eigenvalue weighted by molar-refractivity contribution is 7.99. The third-order valence-electron chi connectivity index (χ3n) is 4.83. The number of aromatic nitrogens is 3. The Kier molecular flexibility index (Phi) is 6.83. The lowest BCUT2D eigenvalue weighted by Gasteiger charge is -2.24. The first-order valence-corrected chi connectivity index (χ1v) is 11.9. The van der Waals surface area contributed by atoms with Crippen LogP contribution in [0, 0.1) is 5.82 Å². The molecule has 0 aliphatic carbocycles. The van der Waals surface area contributed by atoms with Gasteiger partial charge in [-0.15, -0.1) is 11.8 Å². The predicted molar refractivity (Wildman–Crippen MR) is 129 cm³/mol. The summed E-state index contributed by atoms with van der Waals surface area (Å²) < 4.78 is 20.0. The van der Waals surface area contributed by atoms with Gasteiger partial charge in [-0.05, 0) is 51.5 Å². The fraction of sp³-hybridized carbons (Fsp3) is 0.364. The van der Waals surface area contributed by atoms with Gasteiger partial charge in [0.2, 0.25) is 0 Å². The zero-order chi connectivity index (χ0) is 23.8. The van der Waals surface area contributed by atoms with Gasteiger partial charge in [0.05, 0.1) is 26.3 Å². The van der Waals surface area contributed by atoms with E-state index < -0.39 is 11.4 Å². The molecular formula is C22H22Cl2FN5O2S. The predicted octanol–water partition coefficient (Wildman–Crippen LogP) is 6.32. The quantitative estimate of drug-likeness (QED) is 0.412. The number of hydrogen-bond donors (Lipinski definition) is 1. The van der Waals surface area contributed by atoms with Crippen molar-refractivity contribution in [2.24, 2.45) is 0 Å². The van der Waals surface area contributed by atoms with Gasteiger partial charge in [0.25, 0.3) is 0 Å². The normalized spacial score (nSPS) is 16.3. The van der Waals surface area contributed by atoms with Crippen molar-refractivity contribution < 1.29 is 13.9 Å². The highest BCUT2D eigenvalue weighted by atomic mass is 35.5. The number of hydrogen-bond acceptors (Lipinski definition) is 7. The Morgan fingerprint density at radius 2 is 2.03 bits per heavy atom. The number of carbonyl (C=O) groups excluding carboxylic acids is 1. The lowest BCUT2D eigenvalue weighted by Crippen LogP contribution is -2.35. The molecule has 1 aliphatic heterocycles. The molecule has 1 saturated heterocycles. The summed E-state index contributed by atoms with van der Waals surface area (Å²) in [6.45, 7) is 6.76. The Morgan fingerprint density at radius 3 is 2.79 bits per heavy atom. The summed E-state index contributed by atoms with van der Waals surface area (Å²) in [6, 6.07) is 6.70. The number of pyridine rings is 1. The molecule has 1 aliphatic rings. The topological polar surface area (TPSA) is 80.2 Å². The van der Waals surface area contributed by atoms with Crippen LogP contribution in [0.2, 0.25) is 10.0 Å². The third kappa shape index (κ3) is 5.59. The van der Waals surface area contributed by atoms with E-state index in [1.807, 2.05) is 32.9 Å². The smallest absolute Gasteiger partial charge is 0.410 e. The van der Waals surface area contributed by atoms with E-state index in [0.29, 0.717) is 29.9 Å². The van der Waals surface area contributed by atoms with E-state index >= 15 is 0 Å². The number of anilines is 2. The van der Waals surface area contributed by atoms with Crippen LogP contribution in [0.4, 0.5) is 20.7 Å². The van der Waals surface area contributed by atoms with Crippen LogP contribution in [-0.2, 0) is 4.74 Å². The fourth-order valence-electron chi connectivity index (χ4n) is 3.32. The first-order valence-electron chi connectivity index (χ1n) is 10.3. The third-order valence-corrected chi connectivity index (χ3v) is 6.80. The van der Waals surface area contributed by atoms with Crippen molar-refractivity contribution in [1.29, 1.82) is 0 Å². The van der Waals surface area contributed by atoms with Crippen LogP contribution in [0.1, 0.15) is 27.2 Å². The number of ether oxygens (including phenoxy) is 1. The summed E-state index contributed by atoms with van der Waals surface area (Å²) in [5.74, 6) is -0.323. The van der Waals surface area contributed by atoms with Crippen molar-refractivity contribution >= 4 is 63.6 Å². The Balaban J connectivity index is 1.52. The number of rotatable bonds is 4. The van der Waals surface area contributed by atoms with Gasteiger partial charge in [-0.2, -0.15) is 0 Å². The number of halogens is 3. The summed E-state index contributed by atoms with van der Waals surface area (Å²) in [4.78, 5) is 27.2. The molecule has 3 heterocycles. The summed E-state index contributed by atoms with van der Waals surface area (Å²) in [6.07, 6.45) is 1.90. The molecule has 1 N–H and O–H groups in total. The molecule has 4 rings (SSSR count). The fourth-order valence-corrected chi connectivity index (χ4v) is 4.74. The Bertz CT molecular complexity index is 1210. The van der Waals surface area contributed by atoms with E-state index in [1.54, 1.807) is 16.7 Å². The van der Waals surface area contributed by atoms with Gasteiger partial charge in [-0.25, -0.2) is 24.1 Å². The van der Waals surface area contributed by atoms with Crippen LogP contribution < -0.4 is 5.32 Å². The summed E-state index contributed by atoms with van der Waals surface area (Å²) in [5.41, 5.74) is 0.710. The molecular weight excluding hydrogens is 488 g/mol. The van der Waals surface area contributed by atoms with Crippen LogP contribution in [0.25, 0.3) is 11.0 Å². The van der Waals surface area contributed by atoms with Crippen molar-refractivity contribution in [3.05, 3.63) is 46.5 Å². The standard InChI is InChI=1S/C22H22Cl2FN5O2S/c1-22(2,3)32-21(31)30-9-8-12(10-30)33-16-7-6-15-19(29-16)20(27-11-26-15)28-14-5-4-13(23)17(24)18(14)25/h4-7,11-12H,8-10H2,1-3H3,(H,26,27,28)/t12-/m0/s1. The first-order chi connectivity index (χ1) is 15.6. The highest BCUT2D eigenvalue weighted by Crippen LogP contribution is 2.34. The monoisotopic (exact) mass is 509 g/mol. The minimum Gasteiger partial charge on any atom is -0.444 e. The van der Waals surface area contributed by atoms with E-state index in [2.05, 4.69) is 15.3 Å². The van der Waals surface area contributed by atoms with Crippen LogP contribution in [-0.4, -0.2) is 49.9 Å². The molecule has 0 saturated carbocycles. The number of thioether (sulfide) groups is 1. The molecule has 7 nitrogen and oxygen atoms in total. The van der Waals surface area contributed by atoms with Gasteiger partial charge in [-0.1, -0.05) is 23.2 Å². The number of nitrogens with zero attached hydrogens (tertiary/aromatic N) is 4. The molecule has 2 aromatic heterocycles. The van der Waals surface area contributed by atoms with Gasteiger partial charge in [0, 0.05) is 18.3 Å². The molecule has 1 aromatic carbocycles. The maximum absolute atomic E-state index is 14.5. The van der Waals surface area contributed by atoms with E-state index in [-0.39, 0.29) is 27.1 Å². The van der Waals surface area contributed by atoms with Gasteiger partial charge in [0.1, 0.15) is 17.4 Å². The van der Waals surface area contributed by atoms with Gasteiger partial charge >= 0.3 is 6.09 Å². The molecule has 174 valence electrons. The zero-order valence-electron chi connectivity index (χ0n) is 18.2. The van der Waals surface area contributed by atoms with Crippen LogP contribution >= 0.6 is 35.0 Å². The number of benzene rings is 1. The first kappa shape index (κ1) is 23.8. The number of nitrogens with one attached hydrogen (secondary N) is 1. The van der Waals surface area contributed by atoms with Crippen molar-refractivity contribution in [2.45, 2.75) is 43.1 Å². The second kappa shape index (κ2) is 9.48. The molecule has 3 aromatic rings. The summed E-state index contributed by atoms with van der Waals surface area (Å²) in [7, 11) is 0.